The molecule has 0 amide bonds. The number of hydrogen-bond donors (Lipinski definition) is 2. The lowest BCUT2D eigenvalue weighted by Gasteiger charge is -2.17. The number of aryl methyl sites for hydroxylation is 1. The van der Waals surface area contributed by atoms with Crippen molar-refractivity contribution in [2.45, 2.75) is 38.0 Å². The lowest BCUT2D eigenvalue weighted by atomic mass is 9.92. The van der Waals surface area contributed by atoms with Gasteiger partial charge in [0, 0.05) is 18.4 Å². The number of hydrogen-bond acceptors (Lipinski definition) is 2. The standard InChI is InChI=1S/C11H17FN2O/c12-4-9(15)6-14-5-8-2-1-3-11(13)10(8)7-14/h5,7,9,11,15H,1-4,6,13H2. The van der Waals surface area contributed by atoms with Gasteiger partial charge in [-0.1, -0.05) is 0 Å². The molecule has 0 aromatic carbocycles. The molecule has 0 radical (unpaired) electrons. The third-order valence-corrected chi connectivity index (χ3v) is 2.96. The van der Waals surface area contributed by atoms with Gasteiger partial charge in [0.25, 0.3) is 0 Å². The summed E-state index contributed by atoms with van der Waals surface area (Å²) < 4.78 is 14.0. The van der Waals surface area contributed by atoms with E-state index in [0.29, 0.717) is 6.54 Å². The Morgan fingerprint density at radius 2 is 2.40 bits per heavy atom. The Morgan fingerprint density at radius 3 is 3.07 bits per heavy atom. The van der Waals surface area contributed by atoms with Gasteiger partial charge in [-0.05, 0) is 30.4 Å². The molecule has 1 aromatic rings. The fraction of sp³-hybridized carbons (Fsp3) is 0.636. The predicted molar refractivity (Wildman–Crippen MR) is 56.3 cm³/mol. The summed E-state index contributed by atoms with van der Waals surface area (Å²) in [4.78, 5) is 0. The second kappa shape index (κ2) is 4.33. The number of aliphatic hydroxyl groups excluding tert-OH is 1. The maximum Gasteiger partial charge on any atom is 0.117 e. The van der Waals surface area contributed by atoms with Crippen LogP contribution in [0.25, 0.3) is 0 Å². The lowest BCUT2D eigenvalue weighted by molar-refractivity contribution is 0.122. The van der Waals surface area contributed by atoms with Crippen molar-refractivity contribution in [3.8, 4) is 0 Å². The van der Waals surface area contributed by atoms with Gasteiger partial charge in [-0.25, -0.2) is 4.39 Å². The van der Waals surface area contributed by atoms with Gasteiger partial charge in [-0.3, -0.25) is 0 Å². The number of aliphatic hydroxyl groups is 1. The Balaban J connectivity index is 2.14. The molecule has 84 valence electrons. The zero-order chi connectivity index (χ0) is 10.8. The number of nitrogens with two attached hydrogens (primary N) is 1. The minimum Gasteiger partial charge on any atom is -0.389 e. The number of alkyl halides is 1. The van der Waals surface area contributed by atoms with E-state index in [2.05, 4.69) is 0 Å². The molecule has 1 aromatic heterocycles. The van der Waals surface area contributed by atoms with Gasteiger partial charge in [0.15, 0.2) is 0 Å². The van der Waals surface area contributed by atoms with Crippen molar-refractivity contribution in [1.29, 1.82) is 0 Å². The highest BCUT2D eigenvalue weighted by Gasteiger charge is 2.19. The summed E-state index contributed by atoms with van der Waals surface area (Å²) in [7, 11) is 0. The second-order valence-corrected chi connectivity index (χ2v) is 4.24. The molecule has 0 saturated carbocycles. The number of halogens is 1. The molecule has 1 aliphatic rings. The zero-order valence-electron chi connectivity index (χ0n) is 8.69. The zero-order valence-corrected chi connectivity index (χ0v) is 8.69. The van der Waals surface area contributed by atoms with Crippen LogP contribution in [0.5, 0.6) is 0 Å². The van der Waals surface area contributed by atoms with Gasteiger partial charge in [-0.15, -0.1) is 0 Å². The fourth-order valence-corrected chi connectivity index (χ4v) is 2.18. The van der Waals surface area contributed by atoms with Crippen LogP contribution in [-0.4, -0.2) is 22.5 Å². The van der Waals surface area contributed by atoms with Crippen LogP contribution in [0.15, 0.2) is 12.4 Å². The quantitative estimate of drug-likeness (QED) is 0.789. The van der Waals surface area contributed by atoms with Gasteiger partial charge >= 0.3 is 0 Å². The van der Waals surface area contributed by atoms with E-state index in [1.807, 2.05) is 17.0 Å². The molecule has 3 nitrogen and oxygen atoms in total. The van der Waals surface area contributed by atoms with Crippen LogP contribution in [-0.2, 0) is 13.0 Å². The van der Waals surface area contributed by atoms with Gasteiger partial charge in [0.05, 0.1) is 6.54 Å². The van der Waals surface area contributed by atoms with Crippen molar-refractivity contribution in [1.82, 2.24) is 4.57 Å². The van der Waals surface area contributed by atoms with E-state index in [-0.39, 0.29) is 6.04 Å². The summed E-state index contributed by atoms with van der Waals surface area (Å²) in [6.45, 7) is -0.384. The molecule has 0 fully saturated rings. The van der Waals surface area contributed by atoms with Gasteiger partial charge in [0.1, 0.15) is 12.8 Å². The summed E-state index contributed by atoms with van der Waals surface area (Å²) in [5.74, 6) is 0. The summed E-state index contributed by atoms with van der Waals surface area (Å²) in [5.41, 5.74) is 8.38. The van der Waals surface area contributed by atoms with Crippen molar-refractivity contribution in [3.63, 3.8) is 0 Å². The highest BCUT2D eigenvalue weighted by molar-refractivity contribution is 5.29. The Labute approximate surface area is 88.7 Å². The molecule has 3 N–H and O–H groups in total. The van der Waals surface area contributed by atoms with E-state index < -0.39 is 12.8 Å². The first kappa shape index (κ1) is 10.6. The first-order valence-corrected chi connectivity index (χ1v) is 5.39. The highest BCUT2D eigenvalue weighted by atomic mass is 19.1. The van der Waals surface area contributed by atoms with E-state index in [4.69, 9.17) is 5.73 Å². The van der Waals surface area contributed by atoms with Crippen molar-refractivity contribution in [2.75, 3.05) is 6.67 Å². The molecule has 0 aliphatic heterocycles. The first-order valence-electron chi connectivity index (χ1n) is 5.39. The largest absolute Gasteiger partial charge is 0.389 e. The van der Waals surface area contributed by atoms with Crippen LogP contribution >= 0.6 is 0 Å². The molecule has 2 rings (SSSR count). The molecule has 0 bridgehead atoms. The lowest BCUT2D eigenvalue weighted by Crippen LogP contribution is -2.17. The van der Waals surface area contributed by atoms with Crippen LogP contribution in [0.1, 0.15) is 30.0 Å². The normalized spacial score (nSPS) is 22.5. The van der Waals surface area contributed by atoms with E-state index in [0.717, 1.165) is 24.8 Å². The molecule has 1 aliphatic carbocycles. The van der Waals surface area contributed by atoms with Crippen molar-refractivity contribution >= 4 is 0 Å². The molecular formula is C11H17FN2O. The third kappa shape index (κ3) is 2.21. The summed E-state index contributed by atoms with van der Waals surface area (Å²) >= 11 is 0. The maximum absolute atomic E-state index is 12.1. The van der Waals surface area contributed by atoms with Crippen molar-refractivity contribution in [2.24, 2.45) is 5.73 Å². The highest BCUT2D eigenvalue weighted by Crippen LogP contribution is 2.28. The van der Waals surface area contributed by atoms with Crippen molar-refractivity contribution in [3.05, 3.63) is 23.5 Å². The summed E-state index contributed by atoms with van der Waals surface area (Å²) in [6.07, 6.45) is 6.19. The fourth-order valence-electron chi connectivity index (χ4n) is 2.18. The van der Waals surface area contributed by atoms with Crippen LogP contribution in [0.4, 0.5) is 4.39 Å². The molecule has 1 heterocycles. The predicted octanol–water partition coefficient (Wildman–Crippen LogP) is 1.15. The molecule has 15 heavy (non-hydrogen) atoms. The Hall–Kier alpha value is -0.870. The SMILES string of the molecule is NC1CCCc2cn(CC(O)CF)cc21. The minimum atomic E-state index is -0.907. The Kier molecular flexibility index (Phi) is 3.07. The number of rotatable bonds is 3. The average molecular weight is 212 g/mol. The van der Waals surface area contributed by atoms with Crippen molar-refractivity contribution < 1.29 is 9.50 Å². The third-order valence-electron chi connectivity index (χ3n) is 2.96. The monoisotopic (exact) mass is 212 g/mol. The second-order valence-electron chi connectivity index (χ2n) is 4.24. The number of aromatic nitrogens is 1. The molecule has 2 unspecified atom stereocenters. The van der Waals surface area contributed by atoms with E-state index in [1.165, 1.54) is 5.56 Å². The summed E-state index contributed by atoms with van der Waals surface area (Å²) in [6, 6.07) is 0.109. The average Bonchev–Trinajstić information content (AvgIpc) is 2.62. The minimum absolute atomic E-state index is 0.109. The number of fused-ring (bicyclic) bond motifs is 1. The smallest absolute Gasteiger partial charge is 0.117 e. The topological polar surface area (TPSA) is 51.2 Å². The Morgan fingerprint density at radius 1 is 1.60 bits per heavy atom. The van der Waals surface area contributed by atoms with E-state index in [9.17, 15) is 9.50 Å². The first-order chi connectivity index (χ1) is 7.20. The van der Waals surface area contributed by atoms with E-state index >= 15 is 0 Å². The van der Waals surface area contributed by atoms with E-state index in [1.54, 1.807) is 0 Å². The molecule has 2 atom stereocenters. The van der Waals surface area contributed by atoms with Gasteiger partial charge in [-0.2, -0.15) is 0 Å². The molecule has 0 saturated heterocycles. The number of nitrogens with zero attached hydrogens (tertiary/aromatic N) is 1. The van der Waals surface area contributed by atoms with Crippen LogP contribution < -0.4 is 5.73 Å². The summed E-state index contributed by atoms with van der Waals surface area (Å²) in [5, 5.41) is 9.21. The van der Waals surface area contributed by atoms with Crippen LogP contribution in [0.3, 0.4) is 0 Å². The van der Waals surface area contributed by atoms with Gasteiger partial charge in [0.2, 0.25) is 0 Å². The molecule has 4 heteroatoms. The molecular weight excluding hydrogens is 195 g/mol. The van der Waals surface area contributed by atoms with Gasteiger partial charge < -0.3 is 15.4 Å². The van der Waals surface area contributed by atoms with Crippen LogP contribution in [0.2, 0.25) is 0 Å². The molecule has 0 spiro atoms. The maximum atomic E-state index is 12.1. The van der Waals surface area contributed by atoms with Crippen LogP contribution in [0, 0.1) is 0 Å². The Bertz CT molecular complexity index is 337.